The molecule has 3 aromatic rings. The zero-order valence-corrected chi connectivity index (χ0v) is 19.7. The molecule has 1 saturated heterocycles. The second-order valence-electron chi connectivity index (χ2n) is 8.96. The molecule has 0 spiro atoms. The van der Waals surface area contributed by atoms with Crippen molar-refractivity contribution in [1.29, 1.82) is 5.26 Å². The maximum absolute atomic E-state index is 12.9. The lowest BCUT2D eigenvalue weighted by Gasteiger charge is -2.36. The van der Waals surface area contributed by atoms with E-state index in [1.807, 2.05) is 23.2 Å². The van der Waals surface area contributed by atoms with Crippen molar-refractivity contribution in [1.82, 2.24) is 9.88 Å². The lowest BCUT2D eigenvalue weighted by atomic mass is 9.76. The monoisotopic (exact) mass is 468 g/mol. The highest BCUT2D eigenvalue weighted by atomic mass is 35.5. The Morgan fingerprint density at radius 3 is 2.65 bits per heavy atom. The zero-order valence-electron chi connectivity index (χ0n) is 19.0. The van der Waals surface area contributed by atoms with E-state index in [1.54, 1.807) is 24.3 Å². The number of nitrogens with zero attached hydrogens (tertiary/aromatic N) is 3. The van der Waals surface area contributed by atoms with Gasteiger partial charge in [0.2, 0.25) is 0 Å². The molecule has 1 aliphatic carbocycles. The number of likely N-dealkylation sites (tertiary alicyclic amines) is 1. The van der Waals surface area contributed by atoms with Crippen molar-refractivity contribution in [2.24, 2.45) is 5.92 Å². The van der Waals surface area contributed by atoms with Gasteiger partial charge < -0.3 is 10.2 Å². The fraction of sp³-hybridized carbons (Fsp3) is 0.250. The molecule has 0 saturated carbocycles. The van der Waals surface area contributed by atoms with Crippen LogP contribution in [0.5, 0.6) is 0 Å². The molecule has 1 atom stereocenters. The fourth-order valence-electron chi connectivity index (χ4n) is 5.16. The van der Waals surface area contributed by atoms with Gasteiger partial charge in [-0.1, -0.05) is 23.7 Å². The smallest absolute Gasteiger partial charge is 0.321 e. The third kappa shape index (κ3) is 4.30. The number of piperidine rings is 1. The summed E-state index contributed by atoms with van der Waals surface area (Å²) in [5, 5.41) is 12.6. The first-order valence-corrected chi connectivity index (χ1v) is 11.9. The number of rotatable bonds is 2. The molecular weight excluding hydrogens is 444 g/mol. The van der Waals surface area contributed by atoms with E-state index in [0.29, 0.717) is 30.3 Å². The molecule has 0 radical (unpaired) electrons. The van der Waals surface area contributed by atoms with Gasteiger partial charge in [0.15, 0.2) is 0 Å². The topological polar surface area (TPSA) is 69.0 Å². The predicted molar refractivity (Wildman–Crippen MR) is 136 cm³/mol. The number of nitriles is 1. The quantitative estimate of drug-likeness (QED) is 0.463. The van der Waals surface area contributed by atoms with Gasteiger partial charge in [-0.2, -0.15) is 5.26 Å². The minimum absolute atomic E-state index is 0.104. The second kappa shape index (κ2) is 9.32. The first-order chi connectivity index (χ1) is 16.5. The first-order valence-electron chi connectivity index (χ1n) is 11.5. The Morgan fingerprint density at radius 2 is 1.91 bits per heavy atom. The van der Waals surface area contributed by atoms with Gasteiger partial charge in [0.05, 0.1) is 17.3 Å². The number of hydrogen-bond acceptors (Lipinski definition) is 3. The highest BCUT2D eigenvalue weighted by Gasteiger charge is 2.34. The minimum Gasteiger partial charge on any atom is -0.325 e. The summed E-state index contributed by atoms with van der Waals surface area (Å²) in [6.45, 7) is 3.49. The summed E-state index contributed by atoms with van der Waals surface area (Å²) in [6.07, 6.45) is 5.86. The fourth-order valence-corrected chi connectivity index (χ4v) is 5.33. The van der Waals surface area contributed by atoms with Crippen molar-refractivity contribution < 1.29 is 4.79 Å². The highest BCUT2D eigenvalue weighted by Crippen LogP contribution is 2.44. The van der Waals surface area contributed by atoms with Gasteiger partial charge >= 0.3 is 6.03 Å². The van der Waals surface area contributed by atoms with Crippen LogP contribution in [0.1, 0.15) is 53.6 Å². The van der Waals surface area contributed by atoms with Gasteiger partial charge in [0.25, 0.3) is 0 Å². The van der Waals surface area contributed by atoms with Gasteiger partial charge in [-0.3, -0.25) is 4.98 Å². The number of fused-ring (bicyclic) bond motifs is 2. The number of amides is 2. The van der Waals surface area contributed by atoms with Crippen LogP contribution in [0, 0.1) is 17.2 Å². The van der Waals surface area contributed by atoms with Crippen LogP contribution < -0.4 is 5.32 Å². The van der Waals surface area contributed by atoms with Crippen molar-refractivity contribution in [3.63, 3.8) is 0 Å². The molecule has 2 amide bonds. The predicted octanol–water partition coefficient (Wildman–Crippen LogP) is 6.56. The molecule has 2 aromatic carbocycles. The van der Waals surface area contributed by atoms with Crippen molar-refractivity contribution in [3.8, 4) is 6.07 Å². The number of pyridine rings is 1. The molecule has 5 nitrogen and oxygen atoms in total. The van der Waals surface area contributed by atoms with Crippen LogP contribution in [0.25, 0.3) is 11.6 Å². The number of urea groups is 1. The number of aromatic nitrogens is 1. The molecule has 1 fully saturated rings. The number of allylic oxidation sites excluding steroid dienone is 1. The highest BCUT2D eigenvalue weighted by molar-refractivity contribution is 6.30. The van der Waals surface area contributed by atoms with Crippen molar-refractivity contribution >= 4 is 35.0 Å². The molecule has 170 valence electrons. The van der Waals surface area contributed by atoms with Gasteiger partial charge in [0.1, 0.15) is 0 Å². The molecule has 1 aliphatic heterocycles. The number of nitrogens with one attached hydrogen (secondary N) is 1. The lowest BCUT2D eigenvalue weighted by molar-refractivity contribution is 0.177. The molecule has 1 aromatic heterocycles. The van der Waals surface area contributed by atoms with Gasteiger partial charge in [-0.15, -0.1) is 0 Å². The molecule has 34 heavy (non-hydrogen) atoms. The largest absolute Gasteiger partial charge is 0.325 e. The molecule has 5 rings (SSSR count). The Labute approximate surface area is 204 Å². The Morgan fingerprint density at radius 1 is 1.15 bits per heavy atom. The summed E-state index contributed by atoms with van der Waals surface area (Å²) >= 11 is 6.37. The number of hydrogen-bond donors (Lipinski definition) is 1. The van der Waals surface area contributed by atoms with Crippen LogP contribution in [-0.4, -0.2) is 29.0 Å². The number of halogens is 1. The van der Waals surface area contributed by atoms with Gasteiger partial charge in [-0.25, -0.2) is 4.79 Å². The standard InChI is InChI=1S/C28H25ClN4O/c1-18-15-21-3-2-12-31-27(21)26(24-9-6-22(29)16-25(18)24)20-10-13-33(14-11-20)28(34)32-23-7-4-19(17-30)5-8-23/h2-9,12,15-16,20,26H,10-11,13-14H2,1H3,(H,32,34). The summed E-state index contributed by atoms with van der Waals surface area (Å²) < 4.78 is 0. The van der Waals surface area contributed by atoms with Gasteiger partial charge in [0, 0.05) is 35.9 Å². The van der Waals surface area contributed by atoms with E-state index in [9.17, 15) is 4.79 Å². The molecule has 2 aliphatic rings. The third-order valence-electron chi connectivity index (χ3n) is 6.88. The summed E-state index contributed by atoms with van der Waals surface area (Å²) in [6, 6.07) is 19.2. The second-order valence-corrected chi connectivity index (χ2v) is 9.39. The van der Waals surface area contributed by atoms with E-state index in [1.165, 1.54) is 16.7 Å². The Kier molecular flexibility index (Phi) is 6.08. The van der Waals surface area contributed by atoms with E-state index in [-0.39, 0.29) is 11.9 Å². The summed E-state index contributed by atoms with van der Waals surface area (Å²) in [4.78, 5) is 19.5. The maximum Gasteiger partial charge on any atom is 0.321 e. The molecule has 6 heteroatoms. The lowest BCUT2D eigenvalue weighted by Crippen LogP contribution is -2.42. The van der Waals surface area contributed by atoms with E-state index in [4.69, 9.17) is 21.8 Å². The van der Waals surface area contributed by atoms with E-state index in [2.05, 4.69) is 42.6 Å². The van der Waals surface area contributed by atoms with Crippen molar-refractivity contribution in [2.45, 2.75) is 25.7 Å². The van der Waals surface area contributed by atoms with Crippen LogP contribution >= 0.6 is 11.6 Å². The molecule has 0 bridgehead atoms. The minimum atomic E-state index is -0.104. The Bertz CT molecular complexity index is 1300. The Balaban J connectivity index is 1.36. The van der Waals surface area contributed by atoms with Crippen molar-refractivity contribution in [3.05, 3.63) is 93.8 Å². The summed E-state index contributed by atoms with van der Waals surface area (Å²) in [7, 11) is 0. The van der Waals surface area contributed by atoms with E-state index in [0.717, 1.165) is 29.1 Å². The maximum atomic E-state index is 12.9. The SMILES string of the molecule is CC1=Cc2cccnc2C(C2CCN(C(=O)Nc3ccc(C#N)cc3)CC2)c2ccc(Cl)cc21. The molecule has 1 N–H and O–H groups in total. The third-order valence-corrected chi connectivity index (χ3v) is 7.11. The zero-order chi connectivity index (χ0) is 23.7. The number of anilines is 1. The van der Waals surface area contributed by atoms with Gasteiger partial charge in [-0.05, 0) is 96.5 Å². The number of benzene rings is 2. The average molecular weight is 469 g/mol. The number of carbonyl (C=O) groups excluding carboxylic acids is 1. The van der Waals surface area contributed by atoms with Crippen LogP contribution in [0.3, 0.4) is 0 Å². The molecule has 2 heterocycles. The summed E-state index contributed by atoms with van der Waals surface area (Å²) in [5.41, 5.74) is 7.14. The molecule has 1 unspecified atom stereocenters. The van der Waals surface area contributed by atoms with Crippen molar-refractivity contribution in [2.75, 3.05) is 18.4 Å². The Hall–Kier alpha value is -3.62. The molecular formula is C28H25ClN4O. The van der Waals surface area contributed by atoms with E-state index < -0.39 is 0 Å². The normalized spacial score (nSPS) is 17.6. The van der Waals surface area contributed by atoms with Crippen LogP contribution in [0.4, 0.5) is 10.5 Å². The van der Waals surface area contributed by atoms with Crippen LogP contribution in [0.2, 0.25) is 5.02 Å². The van der Waals surface area contributed by atoms with Crippen LogP contribution in [0.15, 0.2) is 60.8 Å². The number of carbonyl (C=O) groups is 1. The van der Waals surface area contributed by atoms with E-state index >= 15 is 0 Å². The average Bonchev–Trinajstić information content (AvgIpc) is 2.98. The first kappa shape index (κ1) is 22.2. The summed E-state index contributed by atoms with van der Waals surface area (Å²) in [5.74, 6) is 0.521. The van der Waals surface area contributed by atoms with Crippen LogP contribution in [-0.2, 0) is 0 Å².